The van der Waals surface area contributed by atoms with Gasteiger partial charge in [-0.3, -0.25) is 0 Å². The van der Waals surface area contributed by atoms with Crippen molar-refractivity contribution in [2.75, 3.05) is 37.1 Å². The van der Waals surface area contributed by atoms with Crippen molar-refractivity contribution in [1.82, 2.24) is 0 Å². The summed E-state index contributed by atoms with van der Waals surface area (Å²) in [5.74, 6) is -1.70. The molecule has 2 aliphatic rings. The Balaban J connectivity index is 2.16. The van der Waals surface area contributed by atoms with Crippen molar-refractivity contribution in [1.29, 1.82) is 0 Å². The normalized spacial score (nSPS) is 16.7. The molecule has 1 fully saturated rings. The van der Waals surface area contributed by atoms with Crippen LogP contribution in [0.4, 0.5) is 24.5 Å². The van der Waals surface area contributed by atoms with E-state index in [-0.39, 0.29) is 22.6 Å². The summed E-state index contributed by atoms with van der Waals surface area (Å²) in [6.07, 6.45) is 2.79. The minimum absolute atomic E-state index is 0.0621. The molecule has 160 valence electrons. The lowest BCUT2D eigenvalue weighted by molar-refractivity contribution is -0.139. The number of hydrogen-bond donors (Lipinski definition) is 0. The van der Waals surface area contributed by atoms with Gasteiger partial charge in [0.1, 0.15) is 5.70 Å². The van der Waals surface area contributed by atoms with Gasteiger partial charge in [-0.2, -0.15) is 13.2 Å². The third kappa shape index (κ3) is 4.19. The summed E-state index contributed by atoms with van der Waals surface area (Å²) < 4.78 is 51.1. The van der Waals surface area contributed by atoms with Crippen LogP contribution in [0, 0.1) is 0 Å². The molecule has 1 saturated heterocycles. The van der Waals surface area contributed by atoms with E-state index in [1.165, 1.54) is 41.5 Å². The Bertz CT molecular complexity index is 929. The fourth-order valence-electron chi connectivity index (χ4n) is 3.50. The van der Waals surface area contributed by atoms with E-state index in [0.29, 0.717) is 13.1 Å². The number of benzene rings is 1. The zero-order chi connectivity index (χ0) is 21.9. The zero-order valence-corrected chi connectivity index (χ0v) is 16.5. The number of allylic oxidation sites excluding steroid dienone is 2. The predicted molar refractivity (Wildman–Crippen MR) is 105 cm³/mol. The number of ether oxygens (including phenoxy) is 2. The molecule has 1 aromatic carbocycles. The number of nitrogens with zero attached hydrogens (tertiary/aromatic N) is 2. The number of rotatable bonds is 4. The second-order valence-corrected chi connectivity index (χ2v) is 6.71. The predicted octanol–water partition coefficient (Wildman–Crippen LogP) is 3.80. The van der Waals surface area contributed by atoms with Gasteiger partial charge in [0.2, 0.25) is 0 Å². The number of carbonyl (C=O) groups excluding carboxylic acids is 2. The molecule has 0 amide bonds. The van der Waals surface area contributed by atoms with Crippen LogP contribution >= 0.6 is 0 Å². The maximum Gasteiger partial charge on any atom is 0.418 e. The second-order valence-electron chi connectivity index (χ2n) is 6.71. The van der Waals surface area contributed by atoms with E-state index in [9.17, 15) is 22.8 Å². The number of halogens is 3. The number of anilines is 2. The van der Waals surface area contributed by atoms with Crippen LogP contribution in [-0.2, 0) is 25.2 Å². The topological polar surface area (TPSA) is 59.1 Å². The monoisotopic (exact) mass is 422 g/mol. The summed E-state index contributed by atoms with van der Waals surface area (Å²) in [7, 11) is 2.27. The first kappa shape index (κ1) is 21.5. The highest BCUT2D eigenvalue weighted by atomic mass is 19.4. The molecule has 0 radical (unpaired) electrons. The first-order valence-corrected chi connectivity index (χ1v) is 9.29. The van der Waals surface area contributed by atoms with E-state index in [2.05, 4.69) is 0 Å². The quantitative estimate of drug-likeness (QED) is 0.688. The van der Waals surface area contributed by atoms with Crippen LogP contribution in [0.1, 0.15) is 18.4 Å². The molecule has 6 nitrogen and oxygen atoms in total. The van der Waals surface area contributed by atoms with Gasteiger partial charge in [0.05, 0.1) is 25.4 Å². The van der Waals surface area contributed by atoms with Gasteiger partial charge in [0, 0.05) is 30.7 Å². The third-order valence-corrected chi connectivity index (χ3v) is 4.90. The standard InChI is InChI=1S/C21H21F3N2O4/c1-29-19(27)15-7-3-4-12-26(18(15)20(28)30-2)14-8-9-17(25-10-5-6-11-25)16(13-14)21(22,23)24/h3-4,7-9,12-13H,5-6,10-11H2,1-2H3. The van der Waals surface area contributed by atoms with Gasteiger partial charge in [-0.25, -0.2) is 9.59 Å². The van der Waals surface area contributed by atoms with Crippen molar-refractivity contribution in [3.8, 4) is 0 Å². The summed E-state index contributed by atoms with van der Waals surface area (Å²) in [6, 6.07) is 3.85. The van der Waals surface area contributed by atoms with E-state index < -0.39 is 23.7 Å². The van der Waals surface area contributed by atoms with Gasteiger partial charge in [-0.15, -0.1) is 0 Å². The Morgan fingerprint density at radius 2 is 1.67 bits per heavy atom. The number of hydrogen-bond acceptors (Lipinski definition) is 6. The molecule has 2 heterocycles. The summed E-state index contributed by atoms with van der Waals surface area (Å²) in [4.78, 5) is 27.6. The van der Waals surface area contributed by atoms with Crippen LogP contribution in [0.15, 0.2) is 53.9 Å². The van der Waals surface area contributed by atoms with Gasteiger partial charge in [-0.1, -0.05) is 6.08 Å². The average Bonchev–Trinajstić information content (AvgIpc) is 3.17. The number of carbonyl (C=O) groups is 2. The molecule has 0 unspecified atom stereocenters. The largest absolute Gasteiger partial charge is 0.465 e. The molecule has 0 atom stereocenters. The highest BCUT2D eigenvalue weighted by Crippen LogP contribution is 2.41. The van der Waals surface area contributed by atoms with Crippen molar-refractivity contribution in [2.24, 2.45) is 0 Å². The summed E-state index contributed by atoms with van der Waals surface area (Å²) in [6.45, 7) is 1.10. The summed E-state index contributed by atoms with van der Waals surface area (Å²) in [5.41, 5.74) is -1.02. The maximum absolute atomic E-state index is 13.9. The Hall–Kier alpha value is -3.23. The molecular formula is C21H21F3N2O4. The minimum atomic E-state index is -4.60. The smallest absolute Gasteiger partial charge is 0.418 e. The second kappa shape index (κ2) is 8.64. The van der Waals surface area contributed by atoms with E-state index in [4.69, 9.17) is 9.47 Å². The molecule has 0 aromatic heterocycles. The lowest BCUT2D eigenvalue weighted by atomic mass is 10.1. The minimum Gasteiger partial charge on any atom is -0.465 e. The van der Waals surface area contributed by atoms with Crippen LogP contribution in [0.5, 0.6) is 0 Å². The van der Waals surface area contributed by atoms with Gasteiger partial charge in [0.15, 0.2) is 0 Å². The molecular weight excluding hydrogens is 401 g/mol. The molecule has 2 aliphatic heterocycles. The molecule has 0 aliphatic carbocycles. The first-order chi connectivity index (χ1) is 14.3. The molecule has 1 aromatic rings. The van der Waals surface area contributed by atoms with E-state index >= 15 is 0 Å². The fourth-order valence-corrected chi connectivity index (χ4v) is 3.50. The number of alkyl halides is 3. The Kier molecular flexibility index (Phi) is 6.19. The van der Waals surface area contributed by atoms with Crippen molar-refractivity contribution in [3.05, 3.63) is 59.5 Å². The van der Waals surface area contributed by atoms with Crippen molar-refractivity contribution < 1.29 is 32.2 Å². The number of methoxy groups -OCH3 is 2. The first-order valence-electron chi connectivity index (χ1n) is 9.29. The molecule has 0 N–H and O–H groups in total. The molecule has 0 bridgehead atoms. The van der Waals surface area contributed by atoms with E-state index in [1.807, 2.05) is 0 Å². The molecule has 30 heavy (non-hydrogen) atoms. The summed E-state index contributed by atoms with van der Waals surface area (Å²) >= 11 is 0. The highest BCUT2D eigenvalue weighted by molar-refractivity contribution is 6.05. The summed E-state index contributed by atoms with van der Waals surface area (Å²) in [5, 5.41) is 0. The zero-order valence-electron chi connectivity index (χ0n) is 16.5. The van der Waals surface area contributed by atoms with Gasteiger partial charge in [0.25, 0.3) is 0 Å². The van der Waals surface area contributed by atoms with Crippen LogP contribution in [0.25, 0.3) is 0 Å². The number of esters is 2. The Morgan fingerprint density at radius 3 is 2.27 bits per heavy atom. The molecule has 0 saturated carbocycles. The lowest BCUT2D eigenvalue weighted by Crippen LogP contribution is -2.28. The van der Waals surface area contributed by atoms with E-state index in [1.54, 1.807) is 4.90 Å². The van der Waals surface area contributed by atoms with Gasteiger partial charge < -0.3 is 19.3 Å². The Labute approximate surface area is 171 Å². The molecule has 0 spiro atoms. The van der Waals surface area contributed by atoms with Crippen molar-refractivity contribution in [2.45, 2.75) is 19.0 Å². The average molecular weight is 422 g/mol. The van der Waals surface area contributed by atoms with E-state index in [0.717, 1.165) is 33.1 Å². The van der Waals surface area contributed by atoms with Crippen LogP contribution in [0.2, 0.25) is 0 Å². The lowest BCUT2D eigenvalue weighted by Gasteiger charge is -2.27. The fraction of sp³-hybridized carbons (Fsp3) is 0.333. The van der Waals surface area contributed by atoms with Crippen LogP contribution in [0.3, 0.4) is 0 Å². The highest BCUT2D eigenvalue weighted by Gasteiger charge is 2.37. The SMILES string of the molecule is COC(=O)C1=C(C(=O)OC)N(c2ccc(N3CCCC3)c(C(F)(F)F)c2)C=CC=C1. The molecule has 3 rings (SSSR count). The maximum atomic E-state index is 13.9. The molecule has 9 heteroatoms. The van der Waals surface area contributed by atoms with Gasteiger partial charge >= 0.3 is 18.1 Å². The van der Waals surface area contributed by atoms with Gasteiger partial charge in [-0.05, 0) is 43.2 Å². The van der Waals surface area contributed by atoms with Crippen molar-refractivity contribution in [3.63, 3.8) is 0 Å². The Morgan fingerprint density at radius 1 is 1.00 bits per heavy atom. The van der Waals surface area contributed by atoms with Crippen LogP contribution < -0.4 is 9.80 Å². The van der Waals surface area contributed by atoms with Crippen molar-refractivity contribution >= 4 is 23.3 Å². The van der Waals surface area contributed by atoms with Crippen LogP contribution in [-0.4, -0.2) is 39.2 Å². The third-order valence-electron chi connectivity index (χ3n) is 4.90.